The molecule has 43 heavy (non-hydrogen) atoms. The summed E-state index contributed by atoms with van der Waals surface area (Å²) >= 11 is 0. The standard InChI is InChI=1S/C34H38N2O7/c1-39-28-19-26-17-25(12-8-11-24(26)18-29(28)43-22-23-9-6-5-7-10-23)33(37)35-13-15-36(16-14-35)34(38)27-20-30(40-2)32(42-4)31(21-27)41-3/h5-7,9-10,17-21H,8,11-16,22H2,1-4H3. The smallest absolute Gasteiger partial charge is 0.254 e. The minimum atomic E-state index is -0.147. The first-order valence-electron chi connectivity index (χ1n) is 14.4. The number of hydrogen-bond acceptors (Lipinski definition) is 7. The predicted molar refractivity (Wildman–Crippen MR) is 163 cm³/mol. The van der Waals surface area contributed by atoms with Gasteiger partial charge in [-0.2, -0.15) is 0 Å². The van der Waals surface area contributed by atoms with Gasteiger partial charge in [0.1, 0.15) is 6.61 Å². The zero-order valence-electron chi connectivity index (χ0n) is 25.2. The highest BCUT2D eigenvalue weighted by atomic mass is 16.5. The molecule has 0 radical (unpaired) electrons. The molecule has 1 aliphatic carbocycles. The molecule has 0 N–H and O–H groups in total. The van der Waals surface area contributed by atoms with E-state index < -0.39 is 0 Å². The van der Waals surface area contributed by atoms with E-state index in [1.807, 2.05) is 53.4 Å². The van der Waals surface area contributed by atoms with Crippen molar-refractivity contribution in [2.75, 3.05) is 54.6 Å². The molecule has 226 valence electrons. The van der Waals surface area contributed by atoms with E-state index in [-0.39, 0.29) is 11.8 Å². The van der Waals surface area contributed by atoms with Crippen molar-refractivity contribution in [1.29, 1.82) is 0 Å². The first kappa shape index (κ1) is 29.8. The molecule has 0 atom stereocenters. The van der Waals surface area contributed by atoms with Crippen molar-refractivity contribution in [3.05, 3.63) is 82.4 Å². The molecule has 0 spiro atoms. The maximum Gasteiger partial charge on any atom is 0.254 e. The highest BCUT2D eigenvalue weighted by molar-refractivity contribution is 5.99. The molecule has 0 unspecified atom stereocenters. The van der Waals surface area contributed by atoms with Crippen LogP contribution in [0.4, 0.5) is 0 Å². The summed E-state index contributed by atoms with van der Waals surface area (Å²) in [6, 6.07) is 17.3. The minimum Gasteiger partial charge on any atom is -0.493 e. The maximum absolute atomic E-state index is 13.6. The fourth-order valence-electron chi connectivity index (χ4n) is 5.58. The van der Waals surface area contributed by atoms with Crippen molar-refractivity contribution in [2.45, 2.75) is 25.9 Å². The second-order valence-electron chi connectivity index (χ2n) is 10.5. The summed E-state index contributed by atoms with van der Waals surface area (Å²) in [6.07, 6.45) is 4.36. The van der Waals surface area contributed by atoms with E-state index in [1.165, 1.54) is 21.3 Å². The number of ether oxygens (including phenoxy) is 5. The number of hydrogen-bond donors (Lipinski definition) is 0. The predicted octanol–water partition coefficient (Wildman–Crippen LogP) is 5.00. The molecule has 1 saturated heterocycles. The maximum atomic E-state index is 13.6. The molecule has 9 heteroatoms. The Kier molecular flexibility index (Phi) is 9.39. The Bertz CT molecular complexity index is 1470. The van der Waals surface area contributed by atoms with Gasteiger partial charge >= 0.3 is 0 Å². The van der Waals surface area contributed by atoms with E-state index in [9.17, 15) is 9.59 Å². The van der Waals surface area contributed by atoms with Crippen LogP contribution in [0.2, 0.25) is 0 Å². The van der Waals surface area contributed by atoms with Gasteiger partial charge in [-0.3, -0.25) is 9.59 Å². The average Bonchev–Trinajstić information content (AvgIpc) is 3.27. The van der Waals surface area contributed by atoms with Crippen molar-refractivity contribution in [2.24, 2.45) is 0 Å². The van der Waals surface area contributed by atoms with Crippen molar-refractivity contribution >= 4 is 17.9 Å². The average molecular weight is 587 g/mol. The number of aryl methyl sites for hydroxylation is 1. The molecule has 1 fully saturated rings. The third kappa shape index (κ3) is 6.56. The van der Waals surface area contributed by atoms with E-state index in [4.69, 9.17) is 23.7 Å². The lowest BCUT2D eigenvalue weighted by atomic mass is 10.0. The normalized spacial score (nSPS) is 14.7. The van der Waals surface area contributed by atoms with Crippen LogP contribution in [0.3, 0.4) is 0 Å². The third-order valence-corrected chi connectivity index (χ3v) is 7.93. The Morgan fingerprint density at radius 1 is 0.698 bits per heavy atom. The third-order valence-electron chi connectivity index (χ3n) is 7.93. The van der Waals surface area contributed by atoms with Gasteiger partial charge in [0, 0.05) is 37.3 Å². The summed E-state index contributed by atoms with van der Waals surface area (Å²) < 4.78 is 28.0. The van der Waals surface area contributed by atoms with Crippen LogP contribution in [0.25, 0.3) is 6.08 Å². The van der Waals surface area contributed by atoms with Gasteiger partial charge in [0.2, 0.25) is 11.7 Å². The van der Waals surface area contributed by atoms with Crippen LogP contribution in [0.15, 0.2) is 60.2 Å². The van der Waals surface area contributed by atoms with Crippen LogP contribution >= 0.6 is 0 Å². The summed E-state index contributed by atoms with van der Waals surface area (Å²) in [4.78, 5) is 30.6. The minimum absolute atomic E-state index is 0.0103. The zero-order valence-corrected chi connectivity index (χ0v) is 25.2. The first-order valence-corrected chi connectivity index (χ1v) is 14.4. The van der Waals surface area contributed by atoms with Gasteiger partial charge < -0.3 is 33.5 Å². The molecule has 3 aromatic carbocycles. The SMILES string of the molecule is COc1cc2c(cc1OCc1ccccc1)CCCC(C(=O)N1CCN(C(=O)c3cc(OC)c(OC)c(OC)c3)CC1)=C2. The fraction of sp³-hybridized carbons (Fsp3) is 0.353. The summed E-state index contributed by atoms with van der Waals surface area (Å²) in [5.41, 5.74) is 4.40. The number of amides is 2. The highest BCUT2D eigenvalue weighted by Gasteiger charge is 2.28. The number of carbonyl (C=O) groups is 2. The van der Waals surface area contributed by atoms with Crippen LogP contribution in [0, 0.1) is 0 Å². The monoisotopic (exact) mass is 586 g/mol. The van der Waals surface area contributed by atoms with Crippen molar-refractivity contribution in [3.63, 3.8) is 0 Å². The van der Waals surface area contributed by atoms with Crippen LogP contribution in [0.5, 0.6) is 28.7 Å². The fourth-order valence-corrected chi connectivity index (χ4v) is 5.58. The van der Waals surface area contributed by atoms with E-state index in [0.29, 0.717) is 73.5 Å². The second-order valence-corrected chi connectivity index (χ2v) is 10.5. The summed E-state index contributed by atoms with van der Waals surface area (Å²) in [7, 11) is 6.19. The lowest BCUT2D eigenvalue weighted by Gasteiger charge is -2.35. The lowest BCUT2D eigenvalue weighted by molar-refractivity contribution is -0.128. The van der Waals surface area contributed by atoms with Gasteiger partial charge in [-0.15, -0.1) is 0 Å². The number of nitrogens with zero attached hydrogens (tertiary/aromatic N) is 2. The number of piperazine rings is 1. The van der Waals surface area contributed by atoms with Crippen molar-refractivity contribution in [1.82, 2.24) is 9.80 Å². The molecular weight excluding hydrogens is 548 g/mol. The number of fused-ring (bicyclic) bond motifs is 1. The molecule has 1 heterocycles. The van der Waals surface area contributed by atoms with Gasteiger partial charge in [-0.25, -0.2) is 0 Å². The summed E-state index contributed by atoms with van der Waals surface area (Å²) in [6.45, 7) is 2.22. The highest BCUT2D eigenvalue weighted by Crippen LogP contribution is 2.39. The molecule has 2 aliphatic rings. The van der Waals surface area contributed by atoms with Crippen LogP contribution in [-0.2, 0) is 17.8 Å². The second kappa shape index (κ2) is 13.5. The van der Waals surface area contributed by atoms with E-state index in [1.54, 1.807) is 24.1 Å². The van der Waals surface area contributed by atoms with Gasteiger partial charge in [-0.05, 0) is 66.3 Å². The molecule has 2 amide bonds. The molecule has 0 saturated carbocycles. The molecular formula is C34H38N2O7. The molecule has 0 bridgehead atoms. The Labute approximate surface area is 252 Å². The molecule has 1 aliphatic heterocycles. The molecule has 5 rings (SSSR count). The molecule has 0 aromatic heterocycles. The van der Waals surface area contributed by atoms with Crippen molar-refractivity contribution < 1.29 is 33.3 Å². The Hall–Kier alpha value is -4.66. The van der Waals surface area contributed by atoms with Crippen molar-refractivity contribution in [3.8, 4) is 28.7 Å². The van der Waals surface area contributed by atoms with E-state index in [0.717, 1.165) is 35.1 Å². The Morgan fingerprint density at radius 3 is 1.93 bits per heavy atom. The van der Waals surface area contributed by atoms with Gasteiger partial charge in [0.15, 0.2) is 23.0 Å². The van der Waals surface area contributed by atoms with Gasteiger partial charge in [0.05, 0.1) is 28.4 Å². The number of rotatable bonds is 9. The summed E-state index contributed by atoms with van der Waals surface area (Å²) in [5, 5.41) is 0. The number of carbonyl (C=O) groups excluding carboxylic acids is 2. The zero-order chi connectivity index (χ0) is 30.3. The number of benzene rings is 3. The number of methoxy groups -OCH3 is 4. The van der Waals surface area contributed by atoms with Gasteiger partial charge in [0.25, 0.3) is 5.91 Å². The van der Waals surface area contributed by atoms with Gasteiger partial charge in [-0.1, -0.05) is 30.3 Å². The largest absolute Gasteiger partial charge is 0.493 e. The van der Waals surface area contributed by atoms with Crippen LogP contribution in [0.1, 0.15) is 39.9 Å². The summed E-state index contributed by atoms with van der Waals surface area (Å²) in [5.74, 6) is 2.48. The Balaban J connectivity index is 1.26. The molecule has 3 aromatic rings. The van der Waals surface area contributed by atoms with Crippen LogP contribution < -0.4 is 23.7 Å². The quantitative estimate of drug-likeness (QED) is 0.349. The van der Waals surface area contributed by atoms with E-state index >= 15 is 0 Å². The van der Waals surface area contributed by atoms with E-state index in [2.05, 4.69) is 0 Å². The molecule has 9 nitrogen and oxygen atoms in total. The lowest BCUT2D eigenvalue weighted by Crippen LogP contribution is -2.50. The first-order chi connectivity index (χ1) is 20.9. The van der Waals surface area contributed by atoms with Crippen LogP contribution in [-0.4, -0.2) is 76.2 Å². The Morgan fingerprint density at radius 2 is 1.33 bits per heavy atom. The topological polar surface area (TPSA) is 86.8 Å².